The molecule has 116 valence electrons. The fraction of sp³-hybridized carbons (Fsp3) is 0.588. The minimum Gasteiger partial charge on any atom is -0.393 e. The second kappa shape index (κ2) is 7.87. The molecular weight excluding hydrogens is 278 g/mol. The molecule has 0 spiro atoms. The summed E-state index contributed by atoms with van der Waals surface area (Å²) in [6.07, 6.45) is 2.55. The van der Waals surface area contributed by atoms with E-state index in [1.54, 1.807) is 0 Å². The van der Waals surface area contributed by atoms with Crippen LogP contribution >= 0.6 is 12.2 Å². The van der Waals surface area contributed by atoms with Gasteiger partial charge in [0, 0.05) is 19.0 Å². The molecule has 0 saturated carbocycles. The first-order valence-corrected chi connectivity index (χ1v) is 8.18. The molecule has 2 rings (SSSR count). The highest BCUT2D eigenvalue weighted by molar-refractivity contribution is 7.80. The Labute approximate surface area is 134 Å². The number of hydrogen-bond acceptors (Lipinski definition) is 3. The Balaban J connectivity index is 1.90. The number of piperidine rings is 1. The Morgan fingerprint density at radius 3 is 2.43 bits per heavy atom. The topological polar surface area (TPSA) is 32.5 Å². The molecule has 1 saturated heterocycles. The maximum atomic E-state index is 5.98. The first-order valence-electron chi connectivity index (χ1n) is 7.77. The van der Waals surface area contributed by atoms with E-state index >= 15 is 0 Å². The molecule has 1 aromatic rings. The van der Waals surface area contributed by atoms with Crippen LogP contribution in [-0.4, -0.2) is 55.1 Å². The Hall–Kier alpha value is -0.970. The van der Waals surface area contributed by atoms with Crippen LogP contribution in [0.3, 0.4) is 0 Å². The van der Waals surface area contributed by atoms with E-state index < -0.39 is 0 Å². The van der Waals surface area contributed by atoms with E-state index in [2.05, 4.69) is 48.2 Å². The average Bonchev–Trinajstić information content (AvgIpc) is 2.46. The van der Waals surface area contributed by atoms with E-state index in [4.69, 9.17) is 18.0 Å². The van der Waals surface area contributed by atoms with Crippen molar-refractivity contribution in [3.63, 3.8) is 0 Å². The predicted molar refractivity (Wildman–Crippen MR) is 93.7 cm³/mol. The van der Waals surface area contributed by atoms with Crippen molar-refractivity contribution in [1.82, 2.24) is 9.80 Å². The van der Waals surface area contributed by atoms with Crippen LogP contribution in [-0.2, 0) is 0 Å². The van der Waals surface area contributed by atoms with Crippen LogP contribution in [0.25, 0.3) is 0 Å². The monoisotopic (exact) mass is 305 g/mol. The van der Waals surface area contributed by atoms with Crippen LogP contribution < -0.4 is 5.73 Å². The largest absolute Gasteiger partial charge is 0.393 e. The summed E-state index contributed by atoms with van der Waals surface area (Å²) in [5.74, 6) is 1.00. The maximum absolute atomic E-state index is 5.98. The van der Waals surface area contributed by atoms with Crippen molar-refractivity contribution in [2.75, 3.05) is 40.3 Å². The molecule has 0 amide bonds. The minimum absolute atomic E-state index is 0.173. The van der Waals surface area contributed by atoms with Gasteiger partial charge in [0.15, 0.2) is 0 Å². The summed E-state index contributed by atoms with van der Waals surface area (Å²) in [6, 6.07) is 10.4. The Kier molecular flexibility index (Phi) is 6.15. The van der Waals surface area contributed by atoms with E-state index in [9.17, 15) is 0 Å². The number of likely N-dealkylation sites (tertiary alicyclic amines) is 1. The fourth-order valence-corrected chi connectivity index (χ4v) is 3.38. The number of nitrogens with zero attached hydrogens (tertiary/aromatic N) is 2. The predicted octanol–water partition coefficient (Wildman–Crippen LogP) is 2.33. The third-order valence-corrected chi connectivity index (χ3v) is 4.60. The zero-order valence-corrected chi connectivity index (χ0v) is 14.0. The Morgan fingerprint density at radius 2 is 1.90 bits per heavy atom. The fourth-order valence-electron chi connectivity index (χ4n) is 3.17. The van der Waals surface area contributed by atoms with Gasteiger partial charge < -0.3 is 15.5 Å². The molecule has 0 bridgehead atoms. The molecule has 0 radical (unpaired) electrons. The molecule has 4 heteroatoms. The summed E-state index contributed by atoms with van der Waals surface area (Å²) in [5, 5.41) is 0. The second-order valence-corrected chi connectivity index (χ2v) is 6.84. The lowest BCUT2D eigenvalue weighted by molar-refractivity contribution is 0.161. The summed E-state index contributed by atoms with van der Waals surface area (Å²) in [6.45, 7) is 4.47. The third kappa shape index (κ3) is 5.06. The van der Waals surface area contributed by atoms with Gasteiger partial charge in [-0.15, -0.1) is 0 Å². The quantitative estimate of drug-likeness (QED) is 0.818. The molecule has 1 aliphatic rings. The second-order valence-electron chi connectivity index (χ2n) is 6.37. The highest BCUT2D eigenvalue weighted by Crippen LogP contribution is 2.22. The highest BCUT2D eigenvalue weighted by atomic mass is 32.1. The minimum atomic E-state index is 0.173. The molecule has 1 unspecified atom stereocenters. The first kappa shape index (κ1) is 16.4. The summed E-state index contributed by atoms with van der Waals surface area (Å²) >= 11 is 5.29. The van der Waals surface area contributed by atoms with Crippen molar-refractivity contribution in [1.29, 1.82) is 0 Å². The van der Waals surface area contributed by atoms with Crippen molar-refractivity contribution in [2.45, 2.75) is 18.8 Å². The molecule has 0 aliphatic carbocycles. The smallest absolute Gasteiger partial charge is 0.0816 e. The van der Waals surface area contributed by atoms with E-state index in [1.807, 2.05) is 6.07 Å². The van der Waals surface area contributed by atoms with E-state index in [-0.39, 0.29) is 5.92 Å². The van der Waals surface area contributed by atoms with Crippen LogP contribution in [0.4, 0.5) is 0 Å². The Bertz CT molecular complexity index is 439. The summed E-state index contributed by atoms with van der Waals surface area (Å²) in [5.41, 5.74) is 7.21. The summed E-state index contributed by atoms with van der Waals surface area (Å²) in [4.78, 5) is 5.42. The van der Waals surface area contributed by atoms with Crippen molar-refractivity contribution in [3.05, 3.63) is 35.9 Å². The van der Waals surface area contributed by atoms with Crippen molar-refractivity contribution in [3.8, 4) is 0 Å². The SMILES string of the molecule is CN(C)CC1CCN(CC(C(N)=S)c2ccccc2)CC1. The van der Waals surface area contributed by atoms with Gasteiger partial charge in [0.1, 0.15) is 0 Å². The number of thiocarbonyl (C=S) groups is 1. The zero-order valence-electron chi connectivity index (χ0n) is 13.2. The zero-order chi connectivity index (χ0) is 15.2. The molecule has 1 heterocycles. The lowest BCUT2D eigenvalue weighted by atomic mass is 9.93. The number of rotatable bonds is 6. The van der Waals surface area contributed by atoms with Crippen molar-refractivity contribution < 1.29 is 0 Å². The van der Waals surface area contributed by atoms with Gasteiger partial charge in [0.25, 0.3) is 0 Å². The molecule has 1 aromatic carbocycles. The van der Waals surface area contributed by atoms with Gasteiger partial charge in [-0.1, -0.05) is 42.5 Å². The van der Waals surface area contributed by atoms with Gasteiger partial charge in [-0.05, 0) is 51.5 Å². The molecule has 1 aliphatic heterocycles. The molecule has 1 fully saturated rings. The van der Waals surface area contributed by atoms with Crippen LogP contribution in [0.1, 0.15) is 24.3 Å². The number of nitrogens with two attached hydrogens (primary N) is 1. The van der Waals surface area contributed by atoms with Crippen molar-refractivity contribution >= 4 is 17.2 Å². The number of hydrogen-bond donors (Lipinski definition) is 1. The molecule has 21 heavy (non-hydrogen) atoms. The van der Waals surface area contributed by atoms with E-state index in [0.717, 1.165) is 25.6 Å². The normalized spacial score (nSPS) is 18.8. The molecule has 1 atom stereocenters. The Morgan fingerprint density at radius 1 is 1.29 bits per heavy atom. The molecule has 0 aromatic heterocycles. The van der Waals surface area contributed by atoms with E-state index in [0.29, 0.717) is 4.99 Å². The molecular formula is C17H27N3S. The van der Waals surface area contributed by atoms with Gasteiger partial charge in [0.2, 0.25) is 0 Å². The number of benzene rings is 1. The third-order valence-electron chi connectivity index (χ3n) is 4.32. The first-order chi connectivity index (χ1) is 10.1. The standard InChI is InChI=1S/C17H27N3S/c1-19(2)12-14-8-10-20(11-9-14)13-16(17(18)21)15-6-4-3-5-7-15/h3-7,14,16H,8-13H2,1-2H3,(H2,18,21). The molecule has 2 N–H and O–H groups in total. The lowest BCUT2D eigenvalue weighted by Crippen LogP contribution is -2.41. The van der Waals surface area contributed by atoms with E-state index in [1.165, 1.54) is 24.9 Å². The van der Waals surface area contributed by atoms with Crippen LogP contribution in [0.5, 0.6) is 0 Å². The van der Waals surface area contributed by atoms with Gasteiger partial charge in [0.05, 0.1) is 4.99 Å². The van der Waals surface area contributed by atoms with Crippen LogP contribution in [0.15, 0.2) is 30.3 Å². The van der Waals surface area contributed by atoms with Gasteiger partial charge in [-0.25, -0.2) is 0 Å². The average molecular weight is 305 g/mol. The van der Waals surface area contributed by atoms with Gasteiger partial charge in [-0.3, -0.25) is 0 Å². The van der Waals surface area contributed by atoms with Crippen LogP contribution in [0, 0.1) is 5.92 Å². The highest BCUT2D eigenvalue weighted by Gasteiger charge is 2.23. The van der Waals surface area contributed by atoms with Gasteiger partial charge in [-0.2, -0.15) is 0 Å². The van der Waals surface area contributed by atoms with Crippen LogP contribution in [0.2, 0.25) is 0 Å². The molecule has 3 nitrogen and oxygen atoms in total. The lowest BCUT2D eigenvalue weighted by Gasteiger charge is -2.35. The van der Waals surface area contributed by atoms with Gasteiger partial charge >= 0.3 is 0 Å². The summed E-state index contributed by atoms with van der Waals surface area (Å²) in [7, 11) is 4.31. The summed E-state index contributed by atoms with van der Waals surface area (Å²) < 4.78 is 0. The maximum Gasteiger partial charge on any atom is 0.0816 e. The van der Waals surface area contributed by atoms with Crippen molar-refractivity contribution in [2.24, 2.45) is 11.7 Å².